The van der Waals surface area contributed by atoms with Gasteiger partial charge in [0.25, 0.3) is 0 Å². The Balaban J connectivity index is 1.99. The van der Waals surface area contributed by atoms with Crippen LogP contribution in [0.2, 0.25) is 0 Å². The van der Waals surface area contributed by atoms with Crippen LogP contribution in [0, 0.1) is 0 Å². The van der Waals surface area contributed by atoms with E-state index in [9.17, 15) is 0 Å². The van der Waals surface area contributed by atoms with Gasteiger partial charge in [0.05, 0.1) is 5.69 Å². The first kappa shape index (κ1) is 11.0. The van der Waals surface area contributed by atoms with E-state index in [1.807, 2.05) is 48.8 Å². The second-order valence-electron chi connectivity index (χ2n) is 4.54. The van der Waals surface area contributed by atoms with Crippen LogP contribution in [0.5, 0.6) is 0 Å². The number of imidazole rings is 2. The van der Waals surface area contributed by atoms with Gasteiger partial charge in [-0.3, -0.25) is 9.38 Å². The molecule has 0 atom stereocenters. The van der Waals surface area contributed by atoms with E-state index < -0.39 is 0 Å². The first-order valence-electron chi connectivity index (χ1n) is 6.46. The third-order valence-corrected chi connectivity index (χ3v) is 3.29. The fourth-order valence-electron chi connectivity index (χ4n) is 2.38. The Bertz CT molecular complexity index is 775. The lowest BCUT2D eigenvalue weighted by molar-refractivity contribution is 1.18. The molecule has 4 aromatic rings. The minimum absolute atomic E-state index is 0.870. The zero-order chi connectivity index (χ0) is 13.4. The molecule has 0 radical (unpaired) electrons. The second kappa shape index (κ2) is 4.35. The predicted molar refractivity (Wildman–Crippen MR) is 78.2 cm³/mol. The van der Waals surface area contributed by atoms with E-state index in [2.05, 4.69) is 26.5 Å². The van der Waals surface area contributed by atoms with Crippen molar-refractivity contribution in [3.8, 4) is 22.8 Å². The van der Waals surface area contributed by atoms with E-state index in [1.54, 1.807) is 6.20 Å². The Morgan fingerprint density at radius 3 is 2.60 bits per heavy atom. The Hall–Kier alpha value is -2.88. The van der Waals surface area contributed by atoms with E-state index >= 15 is 0 Å². The van der Waals surface area contributed by atoms with Gasteiger partial charge in [-0.2, -0.15) is 0 Å². The van der Waals surface area contributed by atoms with Gasteiger partial charge in [0.15, 0.2) is 0 Å². The molecule has 0 saturated carbocycles. The first-order chi connectivity index (χ1) is 9.93. The molecule has 3 heterocycles. The maximum atomic E-state index is 4.76. The van der Waals surface area contributed by atoms with E-state index in [0.717, 1.165) is 28.4 Å². The first-order valence-corrected chi connectivity index (χ1v) is 6.46. The molecule has 0 saturated heterocycles. The van der Waals surface area contributed by atoms with Crippen LogP contribution in [-0.4, -0.2) is 19.4 Å². The van der Waals surface area contributed by atoms with Crippen LogP contribution in [-0.2, 0) is 0 Å². The summed E-state index contributed by atoms with van der Waals surface area (Å²) in [5, 5.41) is 0. The lowest BCUT2D eigenvalue weighted by Gasteiger charge is -1.96. The van der Waals surface area contributed by atoms with Crippen molar-refractivity contribution in [2.75, 3.05) is 0 Å². The minimum Gasteiger partial charge on any atom is -0.344 e. The molecule has 96 valence electrons. The number of hydrogen-bond acceptors (Lipinski definition) is 2. The summed E-state index contributed by atoms with van der Waals surface area (Å²) < 4.78 is 2.05. The van der Waals surface area contributed by atoms with Gasteiger partial charge in [0.2, 0.25) is 0 Å². The average Bonchev–Trinajstić information content (AvgIpc) is 3.11. The Kier molecular flexibility index (Phi) is 2.39. The zero-order valence-electron chi connectivity index (χ0n) is 10.7. The van der Waals surface area contributed by atoms with Crippen molar-refractivity contribution in [3.63, 3.8) is 0 Å². The van der Waals surface area contributed by atoms with Gasteiger partial charge in [-0.15, -0.1) is 0 Å². The van der Waals surface area contributed by atoms with Gasteiger partial charge in [0.1, 0.15) is 17.2 Å². The van der Waals surface area contributed by atoms with Crippen molar-refractivity contribution in [3.05, 3.63) is 67.1 Å². The minimum atomic E-state index is 0.870. The lowest BCUT2D eigenvalue weighted by atomic mass is 10.2. The highest BCUT2D eigenvalue weighted by atomic mass is 15.1. The molecule has 20 heavy (non-hydrogen) atoms. The van der Waals surface area contributed by atoms with Crippen molar-refractivity contribution in [2.45, 2.75) is 0 Å². The van der Waals surface area contributed by atoms with Crippen molar-refractivity contribution >= 4 is 5.65 Å². The topological polar surface area (TPSA) is 46.0 Å². The summed E-state index contributed by atoms with van der Waals surface area (Å²) in [5.41, 5.74) is 3.79. The van der Waals surface area contributed by atoms with E-state index in [-0.39, 0.29) is 0 Å². The van der Waals surface area contributed by atoms with Crippen LogP contribution in [0.25, 0.3) is 28.4 Å². The number of fused-ring (bicyclic) bond motifs is 1. The molecule has 0 unspecified atom stereocenters. The van der Waals surface area contributed by atoms with Gasteiger partial charge in [-0.1, -0.05) is 36.4 Å². The normalized spacial score (nSPS) is 11.0. The highest BCUT2D eigenvalue weighted by Crippen LogP contribution is 2.27. The molecule has 0 aliphatic rings. The maximum absolute atomic E-state index is 4.76. The number of nitrogens with zero attached hydrogens (tertiary/aromatic N) is 3. The molecule has 1 aromatic carbocycles. The highest BCUT2D eigenvalue weighted by Gasteiger charge is 2.15. The molecule has 4 nitrogen and oxygen atoms in total. The number of rotatable bonds is 2. The summed E-state index contributed by atoms with van der Waals surface area (Å²) in [6.45, 7) is 0. The molecule has 3 aromatic heterocycles. The van der Waals surface area contributed by atoms with Crippen LogP contribution >= 0.6 is 0 Å². The third-order valence-electron chi connectivity index (χ3n) is 3.29. The van der Waals surface area contributed by atoms with Crippen molar-refractivity contribution in [1.29, 1.82) is 0 Å². The molecular weight excluding hydrogens is 248 g/mol. The Morgan fingerprint density at radius 2 is 1.80 bits per heavy atom. The predicted octanol–water partition coefficient (Wildman–Crippen LogP) is 3.39. The average molecular weight is 260 g/mol. The van der Waals surface area contributed by atoms with Gasteiger partial charge in [-0.25, -0.2) is 4.98 Å². The van der Waals surface area contributed by atoms with Gasteiger partial charge in [-0.05, 0) is 12.1 Å². The summed E-state index contributed by atoms with van der Waals surface area (Å²) in [4.78, 5) is 12.4. The van der Waals surface area contributed by atoms with Gasteiger partial charge < -0.3 is 4.98 Å². The van der Waals surface area contributed by atoms with Crippen LogP contribution in [0.15, 0.2) is 67.1 Å². The Morgan fingerprint density at radius 1 is 0.950 bits per heavy atom. The second-order valence-corrected chi connectivity index (χ2v) is 4.54. The quantitative estimate of drug-likeness (QED) is 0.600. The molecule has 0 fully saturated rings. The van der Waals surface area contributed by atoms with E-state index in [0.29, 0.717) is 0 Å². The number of aromatic amines is 1. The van der Waals surface area contributed by atoms with E-state index in [1.165, 1.54) is 0 Å². The fourth-order valence-corrected chi connectivity index (χ4v) is 2.38. The monoisotopic (exact) mass is 260 g/mol. The summed E-state index contributed by atoms with van der Waals surface area (Å²) in [6.07, 6.45) is 5.68. The van der Waals surface area contributed by atoms with Crippen LogP contribution in [0.3, 0.4) is 0 Å². The number of hydrogen-bond donors (Lipinski definition) is 1. The highest BCUT2D eigenvalue weighted by molar-refractivity contribution is 5.76. The summed E-state index contributed by atoms with van der Waals surface area (Å²) in [6, 6.07) is 16.0. The molecule has 4 heteroatoms. The van der Waals surface area contributed by atoms with Crippen molar-refractivity contribution < 1.29 is 0 Å². The SMILES string of the molecule is c1ccc(-c2nc(-c3ccccn3)c3[nH]ccn23)cc1. The van der Waals surface area contributed by atoms with Gasteiger partial charge in [0, 0.05) is 24.2 Å². The standard InChI is InChI=1S/C16H12N4/c1-2-6-12(7-3-1)15-19-14(13-8-4-5-9-17-13)16-18-10-11-20(15)16/h1-11,18H. The molecule has 0 aliphatic heterocycles. The number of pyridine rings is 1. The molecule has 1 N–H and O–H groups in total. The number of benzene rings is 1. The maximum Gasteiger partial charge on any atom is 0.146 e. The van der Waals surface area contributed by atoms with Crippen LogP contribution in [0.4, 0.5) is 0 Å². The molecule has 4 rings (SSSR count). The van der Waals surface area contributed by atoms with Crippen LogP contribution in [0.1, 0.15) is 0 Å². The summed E-state index contributed by atoms with van der Waals surface area (Å²) in [5.74, 6) is 0.919. The molecule has 0 aliphatic carbocycles. The fraction of sp³-hybridized carbons (Fsp3) is 0. The third kappa shape index (κ3) is 1.62. The molecular formula is C16H12N4. The van der Waals surface area contributed by atoms with Crippen molar-refractivity contribution in [2.24, 2.45) is 0 Å². The smallest absolute Gasteiger partial charge is 0.146 e. The largest absolute Gasteiger partial charge is 0.344 e. The summed E-state index contributed by atoms with van der Waals surface area (Å²) >= 11 is 0. The van der Waals surface area contributed by atoms with Gasteiger partial charge >= 0.3 is 0 Å². The van der Waals surface area contributed by atoms with Crippen molar-refractivity contribution in [1.82, 2.24) is 19.4 Å². The molecule has 0 spiro atoms. The molecule has 0 amide bonds. The zero-order valence-corrected chi connectivity index (χ0v) is 10.7. The van der Waals surface area contributed by atoms with E-state index in [4.69, 9.17) is 4.98 Å². The lowest BCUT2D eigenvalue weighted by Crippen LogP contribution is -1.85. The summed E-state index contributed by atoms with van der Waals surface area (Å²) in [7, 11) is 0. The molecule has 0 bridgehead atoms. The van der Waals surface area contributed by atoms with Crippen LogP contribution < -0.4 is 0 Å². The number of nitrogens with one attached hydrogen (secondary N) is 1. The number of aromatic nitrogens is 4. The Labute approximate surface area is 115 Å². The number of H-pyrrole nitrogens is 1.